The maximum atomic E-state index is 10.6. The first-order valence-electron chi connectivity index (χ1n) is 3.95. The van der Waals surface area contributed by atoms with Gasteiger partial charge < -0.3 is 5.10 Å². The monoisotopic (exact) mass is 154 g/mol. The van der Waals surface area contributed by atoms with Gasteiger partial charge in [-0.1, -0.05) is 13.8 Å². The van der Waals surface area contributed by atoms with Crippen molar-refractivity contribution in [3.63, 3.8) is 0 Å². The summed E-state index contributed by atoms with van der Waals surface area (Å²) in [7, 11) is 0. The molecule has 1 aromatic heterocycles. The highest BCUT2D eigenvalue weighted by Crippen LogP contribution is 2.03. The first kappa shape index (κ1) is 8.11. The number of aromatic amines is 2. The Morgan fingerprint density at radius 3 is 2.64 bits per heavy atom. The van der Waals surface area contributed by atoms with Crippen molar-refractivity contribution in [2.24, 2.45) is 5.92 Å². The van der Waals surface area contributed by atoms with Crippen molar-refractivity contribution in [1.82, 2.24) is 10.2 Å². The van der Waals surface area contributed by atoms with Gasteiger partial charge in [-0.2, -0.15) is 0 Å². The van der Waals surface area contributed by atoms with E-state index in [9.17, 15) is 4.79 Å². The van der Waals surface area contributed by atoms with Crippen LogP contribution < -0.4 is 5.56 Å². The molecule has 1 heterocycles. The molecule has 3 nitrogen and oxygen atoms in total. The summed E-state index contributed by atoms with van der Waals surface area (Å²) in [6, 6.07) is 1.61. The van der Waals surface area contributed by atoms with E-state index in [0.29, 0.717) is 5.92 Å². The van der Waals surface area contributed by atoms with E-state index in [0.717, 1.165) is 18.5 Å². The summed E-state index contributed by atoms with van der Waals surface area (Å²) in [6.07, 6.45) is 2.07. The summed E-state index contributed by atoms with van der Waals surface area (Å²) in [6.45, 7) is 4.34. The molecule has 3 heteroatoms. The second kappa shape index (κ2) is 3.42. The van der Waals surface area contributed by atoms with Gasteiger partial charge >= 0.3 is 0 Å². The second-order valence-corrected chi connectivity index (χ2v) is 3.22. The lowest BCUT2D eigenvalue weighted by Gasteiger charge is -2.00. The van der Waals surface area contributed by atoms with Gasteiger partial charge in [-0.3, -0.25) is 9.89 Å². The summed E-state index contributed by atoms with van der Waals surface area (Å²) in [4.78, 5) is 10.6. The SMILES string of the molecule is CC(C)CCc1cc(=O)[nH][nH]1. The molecule has 0 aliphatic rings. The quantitative estimate of drug-likeness (QED) is 0.677. The molecule has 0 fully saturated rings. The molecule has 0 radical (unpaired) electrons. The molecule has 0 aliphatic heterocycles. The molecule has 0 atom stereocenters. The van der Waals surface area contributed by atoms with Crippen molar-refractivity contribution in [3.05, 3.63) is 22.1 Å². The van der Waals surface area contributed by atoms with Gasteiger partial charge in [0.25, 0.3) is 5.56 Å². The van der Waals surface area contributed by atoms with E-state index in [1.807, 2.05) is 0 Å². The van der Waals surface area contributed by atoms with Crippen LogP contribution in [0.5, 0.6) is 0 Å². The third-order valence-corrected chi connectivity index (χ3v) is 1.64. The minimum Gasteiger partial charge on any atom is -0.302 e. The third-order valence-electron chi connectivity index (χ3n) is 1.64. The number of H-pyrrole nitrogens is 2. The summed E-state index contributed by atoms with van der Waals surface area (Å²) < 4.78 is 0. The van der Waals surface area contributed by atoms with E-state index in [1.54, 1.807) is 6.07 Å². The molecule has 0 amide bonds. The van der Waals surface area contributed by atoms with Gasteiger partial charge in [-0.15, -0.1) is 0 Å². The Morgan fingerprint density at radius 2 is 2.18 bits per heavy atom. The molecule has 11 heavy (non-hydrogen) atoms. The second-order valence-electron chi connectivity index (χ2n) is 3.22. The van der Waals surface area contributed by atoms with Crippen LogP contribution in [-0.4, -0.2) is 10.2 Å². The average molecular weight is 154 g/mol. The topological polar surface area (TPSA) is 48.6 Å². The lowest BCUT2D eigenvalue weighted by atomic mass is 10.1. The van der Waals surface area contributed by atoms with Crippen LogP contribution >= 0.6 is 0 Å². The molecule has 0 bridgehead atoms. The molecule has 1 rings (SSSR count). The number of hydrogen-bond donors (Lipinski definition) is 2. The van der Waals surface area contributed by atoms with Crippen LogP contribution in [0, 0.1) is 5.92 Å². The summed E-state index contributed by atoms with van der Waals surface area (Å²) in [5.41, 5.74) is 0.965. The zero-order chi connectivity index (χ0) is 8.27. The van der Waals surface area contributed by atoms with Gasteiger partial charge in [0.1, 0.15) is 0 Å². The van der Waals surface area contributed by atoms with Crippen LogP contribution in [0.3, 0.4) is 0 Å². The van der Waals surface area contributed by atoms with E-state index in [1.165, 1.54) is 0 Å². The molecule has 2 N–H and O–H groups in total. The number of rotatable bonds is 3. The lowest BCUT2D eigenvalue weighted by molar-refractivity contribution is 0.581. The lowest BCUT2D eigenvalue weighted by Crippen LogP contribution is -1.94. The molecule has 0 aliphatic carbocycles. The fourth-order valence-electron chi connectivity index (χ4n) is 0.951. The highest BCUT2D eigenvalue weighted by atomic mass is 16.1. The fourth-order valence-corrected chi connectivity index (χ4v) is 0.951. The third kappa shape index (κ3) is 2.62. The Hall–Kier alpha value is -0.990. The molecule has 0 spiro atoms. The van der Waals surface area contributed by atoms with Crippen molar-refractivity contribution in [3.8, 4) is 0 Å². The number of aromatic nitrogens is 2. The number of aryl methyl sites for hydroxylation is 1. The summed E-state index contributed by atoms with van der Waals surface area (Å²) >= 11 is 0. The van der Waals surface area contributed by atoms with Gasteiger partial charge in [0.05, 0.1) is 0 Å². The Morgan fingerprint density at radius 1 is 1.45 bits per heavy atom. The van der Waals surface area contributed by atoms with Crippen LogP contribution in [-0.2, 0) is 6.42 Å². The van der Waals surface area contributed by atoms with Gasteiger partial charge in [-0.05, 0) is 18.8 Å². The number of hydrogen-bond acceptors (Lipinski definition) is 1. The zero-order valence-electron chi connectivity index (χ0n) is 6.98. The predicted octanol–water partition coefficient (Wildman–Crippen LogP) is 1.29. The standard InChI is InChI=1S/C8H14N2O/c1-6(2)3-4-7-5-8(11)10-9-7/h5-6H,3-4H2,1-2H3,(H2,9,10,11). The van der Waals surface area contributed by atoms with E-state index in [-0.39, 0.29) is 5.56 Å². The molecular formula is C8H14N2O. The van der Waals surface area contributed by atoms with Crippen molar-refractivity contribution in [2.75, 3.05) is 0 Å². The fraction of sp³-hybridized carbons (Fsp3) is 0.625. The van der Waals surface area contributed by atoms with E-state index >= 15 is 0 Å². The maximum Gasteiger partial charge on any atom is 0.264 e. The Labute approximate surface area is 65.8 Å². The molecule has 1 aromatic rings. The molecule has 0 saturated carbocycles. The molecular weight excluding hydrogens is 140 g/mol. The summed E-state index contributed by atoms with van der Waals surface area (Å²) in [5.74, 6) is 0.688. The van der Waals surface area contributed by atoms with Crippen molar-refractivity contribution in [2.45, 2.75) is 26.7 Å². The average Bonchev–Trinajstić information content (AvgIpc) is 2.31. The van der Waals surface area contributed by atoms with Gasteiger partial charge in [-0.25, -0.2) is 0 Å². The minimum atomic E-state index is -0.0382. The van der Waals surface area contributed by atoms with Crippen molar-refractivity contribution < 1.29 is 0 Å². The van der Waals surface area contributed by atoms with Crippen LogP contribution in [0.1, 0.15) is 26.0 Å². The first-order valence-corrected chi connectivity index (χ1v) is 3.95. The Kier molecular flexibility index (Phi) is 2.52. The molecule has 0 saturated heterocycles. The smallest absolute Gasteiger partial charge is 0.264 e. The highest BCUT2D eigenvalue weighted by molar-refractivity contribution is 4.97. The number of nitrogens with one attached hydrogen (secondary N) is 2. The van der Waals surface area contributed by atoms with Crippen LogP contribution in [0.2, 0.25) is 0 Å². The van der Waals surface area contributed by atoms with E-state index < -0.39 is 0 Å². The van der Waals surface area contributed by atoms with Gasteiger partial charge in [0.2, 0.25) is 0 Å². The highest BCUT2D eigenvalue weighted by Gasteiger charge is 1.98. The minimum absolute atomic E-state index is 0.0382. The van der Waals surface area contributed by atoms with Gasteiger partial charge in [0.15, 0.2) is 0 Å². The first-order chi connectivity index (χ1) is 5.18. The maximum absolute atomic E-state index is 10.6. The zero-order valence-corrected chi connectivity index (χ0v) is 6.98. The largest absolute Gasteiger partial charge is 0.302 e. The van der Waals surface area contributed by atoms with Crippen molar-refractivity contribution >= 4 is 0 Å². The van der Waals surface area contributed by atoms with E-state index in [4.69, 9.17) is 0 Å². The van der Waals surface area contributed by atoms with Crippen LogP contribution in [0.25, 0.3) is 0 Å². The summed E-state index contributed by atoms with van der Waals surface area (Å²) in [5, 5.41) is 5.34. The molecule has 62 valence electrons. The normalized spacial score (nSPS) is 10.8. The predicted molar refractivity (Wildman–Crippen MR) is 44.6 cm³/mol. The Balaban J connectivity index is 2.45. The van der Waals surface area contributed by atoms with E-state index in [2.05, 4.69) is 24.0 Å². The molecule has 0 unspecified atom stereocenters. The van der Waals surface area contributed by atoms with Crippen LogP contribution in [0.15, 0.2) is 10.9 Å². The van der Waals surface area contributed by atoms with Gasteiger partial charge in [0, 0.05) is 11.8 Å². The van der Waals surface area contributed by atoms with Crippen LogP contribution in [0.4, 0.5) is 0 Å². The molecule has 0 aromatic carbocycles. The van der Waals surface area contributed by atoms with Crippen molar-refractivity contribution in [1.29, 1.82) is 0 Å². The Bertz CT molecular complexity index is 259.